The second-order valence-corrected chi connectivity index (χ2v) is 4.72. The summed E-state index contributed by atoms with van der Waals surface area (Å²) in [5, 5.41) is 11.3. The molecular formula is C18H13NO3. The van der Waals surface area contributed by atoms with E-state index in [0.29, 0.717) is 5.75 Å². The Morgan fingerprint density at radius 2 is 1.41 bits per heavy atom. The highest BCUT2D eigenvalue weighted by molar-refractivity contribution is 5.69. The molecule has 4 nitrogen and oxygen atoms in total. The largest absolute Gasteiger partial charge is 0.450 e. The van der Waals surface area contributed by atoms with Crippen molar-refractivity contribution in [2.24, 2.45) is 0 Å². The zero-order valence-corrected chi connectivity index (χ0v) is 11.7. The number of nitro benzene ring substituents is 1. The molecule has 0 aliphatic rings. The van der Waals surface area contributed by atoms with Crippen LogP contribution < -0.4 is 4.74 Å². The van der Waals surface area contributed by atoms with Crippen LogP contribution in [0.2, 0.25) is 0 Å². The van der Waals surface area contributed by atoms with E-state index in [1.807, 2.05) is 54.6 Å². The van der Waals surface area contributed by atoms with Crippen LogP contribution in [0.4, 0.5) is 5.69 Å². The molecule has 0 amide bonds. The smallest absolute Gasteiger partial charge is 0.312 e. The van der Waals surface area contributed by atoms with Crippen molar-refractivity contribution in [1.29, 1.82) is 0 Å². The van der Waals surface area contributed by atoms with Gasteiger partial charge < -0.3 is 4.74 Å². The number of benzene rings is 3. The lowest BCUT2D eigenvalue weighted by atomic mass is 10.0. The lowest BCUT2D eigenvalue weighted by Gasteiger charge is -2.08. The Hall–Kier alpha value is -3.14. The van der Waals surface area contributed by atoms with Gasteiger partial charge in [-0.05, 0) is 29.3 Å². The van der Waals surface area contributed by atoms with Crippen LogP contribution >= 0.6 is 0 Å². The summed E-state index contributed by atoms with van der Waals surface area (Å²) in [6.07, 6.45) is 0. The van der Waals surface area contributed by atoms with Gasteiger partial charge in [0, 0.05) is 6.07 Å². The fourth-order valence-electron chi connectivity index (χ4n) is 2.17. The molecule has 108 valence electrons. The first-order valence-electron chi connectivity index (χ1n) is 6.81. The van der Waals surface area contributed by atoms with Gasteiger partial charge in [-0.15, -0.1) is 0 Å². The van der Waals surface area contributed by atoms with Gasteiger partial charge in [-0.2, -0.15) is 0 Å². The molecule has 0 aliphatic heterocycles. The maximum Gasteiger partial charge on any atom is 0.312 e. The van der Waals surface area contributed by atoms with Crippen molar-refractivity contribution < 1.29 is 9.66 Å². The molecule has 0 bridgehead atoms. The molecular weight excluding hydrogens is 278 g/mol. The topological polar surface area (TPSA) is 52.4 Å². The second kappa shape index (κ2) is 6.10. The number of para-hydroxylation sites is 1. The molecule has 0 N–H and O–H groups in total. The van der Waals surface area contributed by atoms with E-state index in [0.717, 1.165) is 11.1 Å². The monoisotopic (exact) mass is 291 g/mol. The molecule has 22 heavy (non-hydrogen) atoms. The Morgan fingerprint density at radius 1 is 0.773 bits per heavy atom. The van der Waals surface area contributed by atoms with Crippen LogP contribution in [0.25, 0.3) is 11.1 Å². The molecule has 3 aromatic rings. The van der Waals surface area contributed by atoms with E-state index in [1.54, 1.807) is 18.2 Å². The Kier molecular flexibility index (Phi) is 3.83. The first-order chi connectivity index (χ1) is 10.7. The summed E-state index contributed by atoms with van der Waals surface area (Å²) < 4.78 is 5.62. The van der Waals surface area contributed by atoms with Crippen LogP contribution in [0.1, 0.15) is 0 Å². The van der Waals surface area contributed by atoms with Gasteiger partial charge in [-0.3, -0.25) is 10.1 Å². The summed E-state index contributed by atoms with van der Waals surface area (Å²) in [6.45, 7) is 0. The van der Waals surface area contributed by atoms with Crippen molar-refractivity contribution >= 4 is 5.69 Å². The van der Waals surface area contributed by atoms with E-state index < -0.39 is 4.92 Å². The Morgan fingerprint density at radius 3 is 2.05 bits per heavy atom. The minimum absolute atomic E-state index is 0.0507. The maximum atomic E-state index is 11.3. The molecule has 0 fully saturated rings. The number of hydrogen-bond acceptors (Lipinski definition) is 3. The first kappa shape index (κ1) is 13.8. The summed E-state index contributed by atoms with van der Waals surface area (Å²) in [5.74, 6) is 0.800. The van der Waals surface area contributed by atoms with Crippen molar-refractivity contribution in [2.45, 2.75) is 0 Å². The minimum Gasteiger partial charge on any atom is -0.450 e. The summed E-state index contributed by atoms with van der Waals surface area (Å²) >= 11 is 0. The lowest BCUT2D eigenvalue weighted by molar-refractivity contribution is -0.385. The molecule has 0 unspecified atom stereocenters. The first-order valence-corrected chi connectivity index (χ1v) is 6.81. The molecule has 0 heterocycles. The van der Waals surface area contributed by atoms with Crippen molar-refractivity contribution in [1.82, 2.24) is 0 Å². The van der Waals surface area contributed by atoms with Crippen LogP contribution in [0, 0.1) is 10.1 Å². The Bertz CT molecular complexity index is 786. The van der Waals surface area contributed by atoms with E-state index in [9.17, 15) is 10.1 Å². The maximum absolute atomic E-state index is 11.3. The van der Waals surface area contributed by atoms with E-state index in [4.69, 9.17) is 4.74 Å². The molecule has 0 aliphatic carbocycles. The standard InChI is InChI=1S/C18H13NO3/c20-19(21)17-13-15(14-7-3-1-4-8-14)11-12-18(17)22-16-9-5-2-6-10-16/h1-13H. The van der Waals surface area contributed by atoms with Crippen molar-refractivity contribution in [3.8, 4) is 22.6 Å². The number of hydrogen-bond donors (Lipinski definition) is 0. The number of nitro groups is 1. The average Bonchev–Trinajstić information content (AvgIpc) is 2.57. The summed E-state index contributed by atoms with van der Waals surface area (Å²) in [4.78, 5) is 10.9. The fourth-order valence-corrected chi connectivity index (χ4v) is 2.17. The minimum atomic E-state index is -0.426. The highest BCUT2D eigenvalue weighted by atomic mass is 16.6. The molecule has 0 aromatic heterocycles. The lowest BCUT2D eigenvalue weighted by Crippen LogP contribution is -1.94. The third-order valence-electron chi connectivity index (χ3n) is 3.23. The Balaban J connectivity index is 2.00. The third-order valence-corrected chi connectivity index (χ3v) is 3.23. The van der Waals surface area contributed by atoms with Crippen LogP contribution in [0.15, 0.2) is 78.9 Å². The summed E-state index contributed by atoms with van der Waals surface area (Å²) in [5.41, 5.74) is 1.66. The highest BCUT2D eigenvalue weighted by Crippen LogP contribution is 2.35. The molecule has 3 aromatic carbocycles. The highest BCUT2D eigenvalue weighted by Gasteiger charge is 2.17. The second-order valence-electron chi connectivity index (χ2n) is 4.72. The fraction of sp³-hybridized carbons (Fsp3) is 0. The molecule has 0 atom stereocenters. The van der Waals surface area contributed by atoms with Gasteiger partial charge in [0.25, 0.3) is 0 Å². The van der Waals surface area contributed by atoms with Gasteiger partial charge in [0.1, 0.15) is 5.75 Å². The van der Waals surface area contributed by atoms with Crippen molar-refractivity contribution in [3.63, 3.8) is 0 Å². The van der Waals surface area contributed by atoms with Gasteiger partial charge in [0.15, 0.2) is 0 Å². The third kappa shape index (κ3) is 2.96. The number of ether oxygens (including phenoxy) is 1. The van der Waals surface area contributed by atoms with Crippen LogP contribution in [0.3, 0.4) is 0 Å². The number of rotatable bonds is 4. The SMILES string of the molecule is O=[N+]([O-])c1cc(-c2ccccc2)ccc1Oc1ccccc1. The van der Waals surface area contributed by atoms with Gasteiger partial charge in [0.05, 0.1) is 4.92 Å². The van der Waals surface area contributed by atoms with Gasteiger partial charge in [0.2, 0.25) is 5.75 Å². The normalized spacial score (nSPS) is 10.2. The zero-order chi connectivity index (χ0) is 15.4. The number of nitrogens with zero attached hydrogens (tertiary/aromatic N) is 1. The predicted molar refractivity (Wildman–Crippen MR) is 85.0 cm³/mol. The molecule has 3 rings (SSSR count). The van der Waals surface area contributed by atoms with E-state index >= 15 is 0 Å². The molecule has 0 spiro atoms. The van der Waals surface area contributed by atoms with Crippen molar-refractivity contribution in [3.05, 3.63) is 89.0 Å². The van der Waals surface area contributed by atoms with E-state index in [1.165, 1.54) is 6.07 Å². The Labute approximate surface area is 127 Å². The summed E-state index contributed by atoms with van der Waals surface area (Å²) in [6, 6.07) is 23.5. The quantitative estimate of drug-likeness (QED) is 0.499. The predicted octanol–water partition coefficient (Wildman–Crippen LogP) is 5.05. The molecule has 0 saturated carbocycles. The van der Waals surface area contributed by atoms with Gasteiger partial charge in [-0.25, -0.2) is 0 Å². The van der Waals surface area contributed by atoms with Crippen molar-refractivity contribution in [2.75, 3.05) is 0 Å². The van der Waals surface area contributed by atoms with E-state index in [2.05, 4.69) is 0 Å². The average molecular weight is 291 g/mol. The molecule has 0 saturated heterocycles. The summed E-state index contributed by atoms with van der Waals surface area (Å²) in [7, 11) is 0. The van der Waals surface area contributed by atoms with E-state index in [-0.39, 0.29) is 11.4 Å². The molecule has 4 heteroatoms. The molecule has 0 radical (unpaired) electrons. The van der Waals surface area contributed by atoms with Crippen LogP contribution in [-0.2, 0) is 0 Å². The van der Waals surface area contributed by atoms with Crippen LogP contribution in [-0.4, -0.2) is 4.92 Å². The zero-order valence-electron chi connectivity index (χ0n) is 11.7. The van der Waals surface area contributed by atoms with Crippen LogP contribution in [0.5, 0.6) is 11.5 Å². The van der Waals surface area contributed by atoms with Gasteiger partial charge >= 0.3 is 5.69 Å². The van der Waals surface area contributed by atoms with Gasteiger partial charge in [-0.1, -0.05) is 54.6 Å².